The first-order chi connectivity index (χ1) is 16.4. The summed E-state index contributed by atoms with van der Waals surface area (Å²) in [6, 6.07) is 14.7. The molecular formula is C26H32N4O4. The first-order valence-electron chi connectivity index (χ1n) is 12.2. The van der Waals surface area contributed by atoms with Crippen molar-refractivity contribution in [2.24, 2.45) is 23.7 Å². The number of carbonyl (C=O) groups is 2. The van der Waals surface area contributed by atoms with E-state index in [0.29, 0.717) is 42.2 Å². The molecule has 8 heteroatoms. The Labute approximate surface area is 199 Å². The number of fused-ring (bicyclic) bond motifs is 1. The summed E-state index contributed by atoms with van der Waals surface area (Å²) in [7, 11) is 0. The Morgan fingerprint density at radius 2 is 1.74 bits per heavy atom. The van der Waals surface area contributed by atoms with Gasteiger partial charge in [-0.05, 0) is 48.3 Å². The van der Waals surface area contributed by atoms with Crippen LogP contribution in [0, 0.1) is 23.7 Å². The molecule has 0 bridgehead atoms. The number of nitrogens with zero attached hydrogens (tertiary/aromatic N) is 2. The van der Waals surface area contributed by atoms with E-state index in [1.807, 2.05) is 36.4 Å². The van der Waals surface area contributed by atoms with Gasteiger partial charge in [0.1, 0.15) is 5.82 Å². The molecule has 3 fully saturated rings. The van der Waals surface area contributed by atoms with Crippen LogP contribution in [0.3, 0.4) is 0 Å². The minimum atomic E-state index is -1.46. The number of rotatable bonds is 8. The summed E-state index contributed by atoms with van der Waals surface area (Å²) in [5.74, 6) is 1.55. The number of hydrogen-bond donors (Lipinski definition) is 4. The van der Waals surface area contributed by atoms with Crippen molar-refractivity contribution in [3.63, 3.8) is 0 Å². The molecule has 2 amide bonds. The van der Waals surface area contributed by atoms with E-state index in [9.17, 15) is 14.7 Å². The zero-order valence-corrected chi connectivity index (χ0v) is 19.2. The normalized spacial score (nSPS) is 26.0. The van der Waals surface area contributed by atoms with Gasteiger partial charge in [0.15, 0.2) is 5.60 Å². The predicted molar refractivity (Wildman–Crippen MR) is 127 cm³/mol. The summed E-state index contributed by atoms with van der Waals surface area (Å²) >= 11 is 0. The molecule has 3 unspecified atom stereocenters. The molecule has 3 atom stereocenters. The van der Waals surface area contributed by atoms with Crippen LogP contribution in [0.1, 0.15) is 36.9 Å². The summed E-state index contributed by atoms with van der Waals surface area (Å²) in [6.07, 6.45) is 2.74. The fraction of sp³-hybridized carbons (Fsp3) is 0.500. The number of carbonyl (C=O) groups excluding carboxylic acids is 1. The molecule has 180 valence electrons. The van der Waals surface area contributed by atoms with Crippen LogP contribution in [-0.2, 0) is 16.9 Å². The maximum Gasteiger partial charge on any atom is 0.410 e. The summed E-state index contributed by atoms with van der Waals surface area (Å²) in [5.41, 5.74) is 0.0599. The number of amides is 2. The van der Waals surface area contributed by atoms with Gasteiger partial charge in [-0.1, -0.05) is 49.2 Å². The molecule has 0 radical (unpaired) electrons. The fourth-order valence-corrected chi connectivity index (χ4v) is 6.08. The number of piperidine rings is 1. The zero-order chi connectivity index (χ0) is 23.7. The SMILES string of the molecule is O=C(O)Nc1cccc(CN2CC3C(CNC(=O)C(O)(c4ccccc4)C4CCCC4)C3C2)n1. The smallest absolute Gasteiger partial charge is 0.410 e. The second kappa shape index (κ2) is 9.35. The van der Waals surface area contributed by atoms with Crippen LogP contribution in [0.25, 0.3) is 0 Å². The number of carboxylic acid groups (broad SMARTS) is 1. The lowest BCUT2D eigenvalue weighted by Crippen LogP contribution is -2.49. The molecule has 2 aliphatic carbocycles. The van der Waals surface area contributed by atoms with Gasteiger partial charge in [-0.15, -0.1) is 0 Å². The van der Waals surface area contributed by atoms with Crippen molar-refractivity contribution in [1.82, 2.24) is 15.2 Å². The third-order valence-electron chi connectivity index (χ3n) is 7.88. The second-order valence-electron chi connectivity index (χ2n) is 9.95. The van der Waals surface area contributed by atoms with Crippen LogP contribution < -0.4 is 10.6 Å². The van der Waals surface area contributed by atoms with E-state index in [1.54, 1.807) is 12.1 Å². The monoisotopic (exact) mass is 464 g/mol. The number of aromatic nitrogens is 1. The second-order valence-corrected chi connectivity index (χ2v) is 9.95. The van der Waals surface area contributed by atoms with Gasteiger partial charge in [0, 0.05) is 32.1 Å². The number of nitrogens with one attached hydrogen (secondary N) is 2. The Hall–Kier alpha value is -2.97. The van der Waals surface area contributed by atoms with Gasteiger partial charge in [-0.3, -0.25) is 15.0 Å². The van der Waals surface area contributed by atoms with Crippen LogP contribution in [0.2, 0.25) is 0 Å². The molecule has 1 saturated heterocycles. The Morgan fingerprint density at radius 3 is 2.41 bits per heavy atom. The van der Waals surface area contributed by atoms with Crippen LogP contribution in [-0.4, -0.2) is 51.7 Å². The molecule has 5 rings (SSSR count). The summed E-state index contributed by atoms with van der Waals surface area (Å²) < 4.78 is 0. The molecule has 2 heterocycles. The molecule has 1 aliphatic heterocycles. The Balaban J connectivity index is 1.14. The molecule has 2 aromatic rings. The maximum absolute atomic E-state index is 13.3. The Kier molecular flexibility index (Phi) is 6.27. The number of aliphatic hydroxyl groups is 1. The van der Waals surface area contributed by atoms with Crippen LogP contribution in [0.5, 0.6) is 0 Å². The topological polar surface area (TPSA) is 115 Å². The van der Waals surface area contributed by atoms with Gasteiger partial charge in [0.25, 0.3) is 5.91 Å². The number of likely N-dealkylation sites (tertiary alicyclic amines) is 1. The molecule has 1 aromatic heterocycles. The lowest BCUT2D eigenvalue weighted by atomic mass is 9.79. The Morgan fingerprint density at radius 1 is 1.03 bits per heavy atom. The van der Waals surface area contributed by atoms with Crippen molar-refractivity contribution < 1.29 is 19.8 Å². The number of benzene rings is 1. The molecular weight excluding hydrogens is 432 g/mol. The summed E-state index contributed by atoms with van der Waals surface area (Å²) in [6.45, 7) is 3.15. The first-order valence-corrected chi connectivity index (χ1v) is 12.2. The van der Waals surface area contributed by atoms with Crippen LogP contribution >= 0.6 is 0 Å². The summed E-state index contributed by atoms with van der Waals surface area (Å²) in [4.78, 5) is 30.8. The van der Waals surface area contributed by atoms with E-state index in [-0.39, 0.29) is 11.8 Å². The molecule has 2 saturated carbocycles. The standard InChI is InChI=1S/C26H32N4O4/c31-24(26(34,18-9-4-5-10-18)17-7-2-1-3-8-17)27-13-20-21-15-30(16-22(20)21)14-19-11-6-12-23(28-19)29-25(32)33/h1-3,6-8,11-12,18,20-22,34H,4-5,9-10,13-16H2,(H,27,31)(H,28,29)(H,32,33). The minimum Gasteiger partial charge on any atom is -0.465 e. The van der Waals surface area contributed by atoms with Crippen molar-refractivity contribution in [3.8, 4) is 0 Å². The van der Waals surface area contributed by atoms with Gasteiger partial charge in [-0.25, -0.2) is 9.78 Å². The van der Waals surface area contributed by atoms with Crippen LogP contribution in [0.4, 0.5) is 10.6 Å². The average molecular weight is 465 g/mol. The third-order valence-corrected chi connectivity index (χ3v) is 7.88. The van der Waals surface area contributed by atoms with E-state index in [2.05, 4.69) is 20.5 Å². The van der Waals surface area contributed by atoms with Crippen molar-refractivity contribution in [2.45, 2.75) is 37.8 Å². The van der Waals surface area contributed by atoms with Crippen LogP contribution in [0.15, 0.2) is 48.5 Å². The molecule has 0 spiro atoms. The van der Waals surface area contributed by atoms with Crippen molar-refractivity contribution >= 4 is 17.8 Å². The highest BCUT2D eigenvalue weighted by atomic mass is 16.4. The summed E-state index contributed by atoms with van der Waals surface area (Å²) in [5, 5.41) is 25.9. The molecule has 8 nitrogen and oxygen atoms in total. The van der Waals surface area contributed by atoms with Crippen molar-refractivity contribution in [2.75, 3.05) is 25.0 Å². The van der Waals surface area contributed by atoms with E-state index in [0.717, 1.165) is 44.5 Å². The maximum atomic E-state index is 13.3. The Bertz CT molecular complexity index is 1030. The quantitative estimate of drug-likeness (QED) is 0.477. The highest BCUT2D eigenvalue weighted by Crippen LogP contribution is 2.51. The average Bonchev–Trinajstić information content (AvgIpc) is 3.21. The number of anilines is 1. The van der Waals surface area contributed by atoms with E-state index in [1.165, 1.54) is 0 Å². The lowest BCUT2D eigenvalue weighted by molar-refractivity contribution is -0.147. The molecule has 34 heavy (non-hydrogen) atoms. The van der Waals surface area contributed by atoms with Gasteiger partial charge < -0.3 is 15.5 Å². The highest BCUT2D eigenvalue weighted by molar-refractivity contribution is 5.86. The fourth-order valence-electron chi connectivity index (χ4n) is 6.08. The van der Waals surface area contributed by atoms with Gasteiger partial charge in [-0.2, -0.15) is 0 Å². The number of pyridine rings is 1. The van der Waals surface area contributed by atoms with Crippen molar-refractivity contribution in [3.05, 3.63) is 59.8 Å². The number of hydrogen-bond acceptors (Lipinski definition) is 5. The van der Waals surface area contributed by atoms with Gasteiger partial charge >= 0.3 is 6.09 Å². The zero-order valence-electron chi connectivity index (χ0n) is 19.2. The minimum absolute atomic E-state index is 0.0389. The largest absolute Gasteiger partial charge is 0.465 e. The molecule has 3 aliphatic rings. The predicted octanol–water partition coefficient (Wildman–Crippen LogP) is 3.04. The third kappa shape index (κ3) is 4.52. The lowest BCUT2D eigenvalue weighted by Gasteiger charge is -2.33. The van der Waals surface area contributed by atoms with Gasteiger partial charge in [0.05, 0.1) is 5.69 Å². The highest BCUT2D eigenvalue weighted by Gasteiger charge is 2.56. The van der Waals surface area contributed by atoms with E-state index < -0.39 is 11.7 Å². The molecule has 1 aromatic carbocycles. The first kappa shape index (κ1) is 22.8. The van der Waals surface area contributed by atoms with E-state index in [4.69, 9.17) is 5.11 Å². The van der Waals surface area contributed by atoms with Crippen molar-refractivity contribution in [1.29, 1.82) is 0 Å². The molecule has 4 N–H and O–H groups in total. The van der Waals surface area contributed by atoms with E-state index >= 15 is 0 Å². The van der Waals surface area contributed by atoms with Gasteiger partial charge in [0.2, 0.25) is 0 Å².